The lowest BCUT2D eigenvalue weighted by atomic mass is 10.2. The van der Waals surface area contributed by atoms with Crippen molar-refractivity contribution in [1.29, 1.82) is 0 Å². The molecule has 0 aliphatic carbocycles. The molecule has 0 aromatic carbocycles. The standard InChI is InChI=1S/C15H17NO3S2/c1-3-6-10-9-11(15(18)19-4-2)14(21-10)16-13(17)12-7-5-8-20-12/h5,7-9H,3-4,6H2,1-2H3,(H,16,17). The molecule has 0 fully saturated rings. The van der Waals surface area contributed by atoms with Gasteiger partial charge in [-0.15, -0.1) is 22.7 Å². The number of amides is 1. The molecule has 0 unspecified atom stereocenters. The van der Waals surface area contributed by atoms with Crippen LogP contribution in [0, 0.1) is 0 Å². The van der Waals surface area contributed by atoms with Crippen LogP contribution >= 0.6 is 22.7 Å². The summed E-state index contributed by atoms with van der Waals surface area (Å²) in [5.74, 6) is -0.585. The molecule has 1 N–H and O–H groups in total. The third kappa shape index (κ3) is 3.92. The minimum atomic E-state index is -0.391. The molecule has 4 nitrogen and oxygen atoms in total. The number of esters is 1. The number of carbonyl (C=O) groups is 2. The molecule has 1 amide bonds. The van der Waals surface area contributed by atoms with Crippen molar-refractivity contribution in [1.82, 2.24) is 0 Å². The fourth-order valence-electron chi connectivity index (χ4n) is 1.84. The van der Waals surface area contributed by atoms with Gasteiger partial charge in [0.05, 0.1) is 17.0 Å². The minimum Gasteiger partial charge on any atom is -0.462 e. The average Bonchev–Trinajstić information content (AvgIpc) is 3.09. The largest absolute Gasteiger partial charge is 0.462 e. The second kappa shape index (κ2) is 7.38. The summed E-state index contributed by atoms with van der Waals surface area (Å²) >= 11 is 2.80. The first-order valence-electron chi connectivity index (χ1n) is 6.80. The van der Waals surface area contributed by atoms with Gasteiger partial charge in [-0.1, -0.05) is 19.4 Å². The second-order valence-electron chi connectivity index (χ2n) is 4.36. The SMILES string of the molecule is CCCc1cc(C(=O)OCC)c(NC(=O)c2cccs2)s1. The highest BCUT2D eigenvalue weighted by molar-refractivity contribution is 7.17. The molecule has 0 atom stereocenters. The maximum atomic E-state index is 12.1. The van der Waals surface area contributed by atoms with E-state index in [1.807, 2.05) is 17.5 Å². The molecule has 2 rings (SSSR count). The molecule has 0 bridgehead atoms. The predicted molar refractivity (Wildman–Crippen MR) is 86.5 cm³/mol. The van der Waals surface area contributed by atoms with Crippen LogP contribution in [0.5, 0.6) is 0 Å². The number of anilines is 1. The van der Waals surface area contributed by atoms with Crippen molar-refractivity contribution in [3.05, 3.63) is 38.9 Å². The predicted octanol–water partition coefficient (Wildman–Crippen LogP) is 4.19. The highest BCUT2D eigenvalue weighted by atomic mass is 32.1. The van der Waals surface area contributed by atoms with E-state index in [4.69, 9.17) is 4.74 Å². The Balaban J connectivity index is 2.23. The Morgan fingerprint density at radius 2 is 2.14 bits per heavy atom. The van der Waals surface area contributed by atoms with Gasteiger partial charge in [0.2, 0.25) is 0 Å². The van der Waals surface area contributed by atoms with Crippen LogP contribution in [0.1, 0.15) is 45.2 Å². The topological polar surface area (TPSA) is 55.4 Å². The Bertz CT molecular complexity index is 617. The Labute approximate surface area is 131 Å². The van der Waals surface area contributed by atoms with Crippen LogP contribution in [0.4, 0.5) is 5.00 Å². The average molecular weight is 323 g/mol. The van der Waals surface area contributed by atoms with Gasteiger partial charge in [0, 0.05) is 4.88 Å². The summed E-state index contributed by atoms with van der Waals surface area (Å²) in [5, 5.41) is 5.23. The van der Waals surface area contributed by atoms with Crippen LogP contribution in [0.25, 0.3) is 0 Å². The monoisotopic (exact) mass is 323 g/mol. The van der Waals surface area contributed by atoms with Gasteiger partial charge in [-0.05, 0) is 30.9 Å². The molecule has 2 aromatic rings. The summed E-state index contributed by atoms with van der Waals surface area (Å²) in [4.78, 5) is 25.8. The normalized spacial score (nSPS) is 10.4. The van der Waals surface area contributed by atoms with Gasteiger partial charge in [-0.3, -0.25) is 4.79 Å². The molecule has 21 heavy (non-hydrogen) atoms. The molecule has 0 radical (unpaired) electrons. The summed E-state index contributed by atoms with van der Waals surface area (Å²) in [6, 6.07) is 5.39. The quantitative estimate of drug-likeness (QED) is 0.811. The Kier molecular flexibility index (Phi) is 5.52. The van der Waals surface area contributed by atoms with E-state index in [9.17, 15) is 9.59 Å². The fourth-order valence-corrected chi connectivity index (χ4v) is 3.60. The van der Waals surface area contributed by atoms with Gasteiger partial charge in [0.25, 0.3) is 5.91 Å². The van der Waals surface area contributed by atoms with Crippen LogP contribution in [0.2, 0.25) is 0 Å². The molecule has 0 aliphatic heterocycles. The lowest BCUT2D eigenvalue weighted by Crippen LogP contribution is -2.13. The van der Waals surface area contributed by atoms with Crippen molar-refractivity contribution >= 4 is 39.6 Å². The number of aryl methyl sites for hydroxylation is 1. The lowest BCUT2D eigenvalue weighted by molar-refractivity contribution is 0.0528. The van der Waals surface area contributed by atoms with E-state index >= 15 is 0 Å². The first-order chi connectivity index (χ1) is 10.2. The third-order valence-electron chi connectivity index (χ3n) is 2.75. The molecule has 0 aliphatic rings. The Hall–Kier alpha value is -1.66. The molecule has 112 valence electrons. The first-order valence-corrected chi connectivity index (χ1v) is 8.50. The van der Waals surface area contributed by atoms with Gasteiger partial charge in [-0.2, -0.15) is 0 Å². The van der Waals surface area contributed by atoms with Crippen molar-refractivity contribution in [2.45, 2.75) is 26.7 Å². The van der Waals surface area contributed by atoms with Crippen molar-refractivity contribution in [3.8, 4) is 0 Å². The molecule has 0 saturated carbocycles. The van der Waals surface area contributed by atoms with Gasteiger partial charge in [0.15, 0.2) is 0 Å². The van der Waals surface area contributed by atoms with E-state index in [0.717, 1.165) is 17.7 Å². The van der Waals surface area contributed by atoms with Gasteiger partial charge in [-0.25, -0.2) is 4.79 Å². The van der Waals surface area contributed by atoms with Crippen LogP contribution in [0.15, 0.2) is 23.6 Å². The molecular weight excluding hydrogens is 306 g/mol. The maximum Gasteiger partial charge on any atom is 0.341 e. The summed E-state index contributed by atoms with van der Waals surface area (Å²) in [5.41, 5.74) is 0.440. The van der Waals surface area contributed by atoms with E-state index in [-0.39, 0.29) is 5.91 Å². The smallest absolute Gasteiger partial charge is 0.341 e. The van der Waals surface area contributed by atoms with E-state index in [2.05, 4.69) is 12.2 Å². The summed E-state index contributed by atoms with van der Waals surface area (Å²) in [6.45, 7) is 4.16. The van der Waals surface area contributed by atoms with E-state index < -0.39 is 5.97 Å². The van der Waals surface area contributed by atoms with Crippen LogP contribution < -0.4 is 5.32 Å². The highest BCUT2D eigenvalue weighted by Crippen LogP contribution is 2.30. The zero-order chi connectivity index (χ0) is 15.2. The molecular formula is C15H17NO3S2. The summed E-state index contributed by atoms with van der Waals surface area (Å²) in [6.07, 6.45) is 1.87. The van der Waals surface area contributed by atoms with E-state index in [1.165, 1.54) is 22.7 Å². The van der Waals surface area contributed by atoms with Gasteiger partial charge in [0.1, 0.15) is 5.00 Å². The van der Waals surface area contributed by atoms with Gasteiger partial charge < -0.3 is 10.1 Å². The number of ether oxygens (including phenoxy) is 1. The lowest BCUT2D eigenvalue weighted by Gasteiger charge is -2.04. The Morgan fingerprint density at radius 3 is 2.76 bits per heavy atom. The summed E-state index contributed by atoms with van der Waals surface area (Å²) < 4.78 is 5.05. The van der Waals surface area contributed by atoms with Crippen molar-refractivity contribution in [2.75, 3.05) is 11.9 Å². The molecule has 0 spiro atoms. The second-order valence-corrected chi connectivity index (χ2v) is 6.44. The fraction of sp³-hybridized carbons (Fsp3) is 0.333. The number of nitrogens with one attached hydrogen (secondary N) is 1. The van der Waals surface area contributed by atoms with Gasteiger partial charge >= 0.3 is 5.97 Å². The summed E-state index contributed by atoms with van der Waals surface area (Å²) in [7, 11) is 0. The number of thiophene rings is 2. The number of hydrogen-bond acceptors (Lipinski definition) is 5. The molecule has 2 aromatic heterocycles. The maximum absolute atomic E-state index is 12.1. The van der Waals surface area contributed by atoms with E-state index in [1.54, 1.807) is 13.0 Å². The number of hydrogen-bond donors (Lipinski definition) is 1. The molecule has 2 heterocycles. The number of rotatable bonds is 6. The van der Waals surface area contributed by atoms with Crippen LogP contribution in [0.3, 0.4) is 0 Å². The van der Waals surface area contributed by atoms with E-state index in [0.29, 0.717) is 22.0 Å². The Morgan fingerprint density at radius 1 is 1.33 bits per heavy atom. The van der Waals surface area contributed by atoms with Crippen molar-refractivity contribution in [3.63, 3.8) is 0 Å². The minimum absolute atomic E-state index is 0.194. The first kappa shape index (κ1) is 15.7. The zero-order valence-corrected chi connectivity index (χ0v) is 13.6. The van der Waals surface area contributed by atoms with Crippen molar-refractivity contribution in [2.24, 2.45) is 0 Å². The third-order valence-corrected chi connectivity index (χ3v) is 4.73. The van der Waals surface area contributed by atoms with Crippen molar-refractivity contribution < 1.29 is 14.3 Å². The number of carbonyl (C=O) groups excluding carboxylic acids is 2. The van der Waals surface area contributed by atoms with Crippen LogP contribution in [-0.2, 0) is 11.2 Å². The highest BCUT2D eigenvalue weighted by Gasteiger charge is 2.19. The molecule has 6 heteroatoms. The van der Waals surface area contributed by atoms with Crippen LogP contribution in [-0.4, -0.2) is 18.5 Å². The zero-order valence-electron chi connectivity index (χ0n) is 12.0. The molecule has 0 saturated heterocycles.